The van der Waals surface area contributed by atoms with Gasteiger partial charge in [0.15, 0.2) is 5.75 Å². The number of barbiturate groups is 1. The van der Waals surface area contributed by atoms with Gasteiger partial charge in [0.1, 0.15) is 12.2 Å². The third-order valence-electron chi connectivity index (χ3n) is 5.22. The number of benzene rings is 3. The number of rotatable bonds is 5. The summed E-state index contributed by atoms with van der Waals surface area (Å²) in [6.45, 7) is 1.96. The van der Waals surface area contributed by atoms with Gasteiger partial charge in [0.2, 0.25) is 0 Å². The van der Waals surface area contributed by atoms with E-state index >= 15 is 0 Å². The van der Waals surface area contributed by atoms with Crippen LogP contribution in [0.4, 0.5) is 10.5 Å². The number of halogens is 5. The summed E-state index contributed by atoms with van der Waals surface area (Å²) in [5, 5.41) is 3.41. The van der Waals surface area contributed by atoms with Crippen LogP contribution >= 0.6 is 66.7 Å². The number of nitrogens with one attached hydrogen (secondary N) is 1. The fraction of sp³-hybridized carbons (Fsp3) is 0.0800. The quantitative estimate of drug-likeness (QED) is 0.222. The van der Waals surface area contributed by atoms with Gasteiger partial charge in [-0.1, -0.05) is 56.8 Å². The zero-order chi connectivity index (χ0) is 26.1. The summed E-state index contributed by atoms with van der Waals surface area (Å²) in [6.07, 6.45) is 1.36. The van der Waals surface area contributed by atoms with Crippen molar-refractivity contribution >= 4 is 96.3 Å². The van der Waals surface area contributed by atoms with E-state index in [1.54, 1.807) is 48.5 Å². The number of carbonyl (C=O) groups excluding carboxylic acids is 3. The minimum atomic E-state index is -0.826. The molecule has 1 fully saturated rings. The summed E-state index contributed by atoms with van der Waals surface area (Å²) in [6, 6.07) is 12.4. The summed E-state index contributed by atoms with van der Waals surface area (Å²) >= 11 is 25.4. The number of anilines is 1. The van der Waals surface area contributed by atoms with E-state index in [4.69, 9.17) is 39.5 Å². The van der Waals surface area contributed by atoms with Gasteiger partial charge in [0.25, 0.3) is 11.8 Å². The molecule has 4 amide bonds. The van der Waals surface area contributed by atoms with Crippen molar-refractivity contribution in [3.63, 3.8) is 0 Å². The van der Waals surface area contributed by atoms with E-state index in [1.807, 2.05) is 6.92 Å². The molecule has 0 spiro atoms. The van der Waals surface area contributed by atoms with Crippen LogP contribution in [0, 0.1) is 6.92 Å². The normalized spacial score (nSPS) is 14.9. The Balaban J connectivity index is 1.61. The lowest BCUT2D eigenvalue weighted by Crippen LogP contribution is -2.54. The SMILES string of the molecule is Cc1cc(N2C(=O)NC(=O)/C(=C\c3cc(Cl)c(OCc4ccc(Cl)cc4Cl)c(Br)c3)C2=O)ccc1Br. The number of imide groups is 2. The van der Waals surface area contributed by atoms with Crippen molar-refractivity contribution in [2.45, 2.75) is 13.5 Å². The van der Waals surface area contributed by atoms with Gasteiger partial charge in [-0.2, -0.15) is 0 Å². The number of urea groups is 1. The second kappa shape index (κ2) is 10.9. The van der Waals surface area contributed by atoms with Crippen molar-refractivity contribution in [1.29, 1.82) is 0 Å². The Labute approximate surface area is 238 Å². The number of amides is 4. The van der Waals surface area contributed by atoms with Crippen molar-refractivity contribution in [3.8, 4) is 5.75 Å². The lowest BCUT2D eigenvalue weighted by molar-refractivity contribution is -0.122. The van der Waals surface area contributed by atoms with Gasteiger partial charge >= 0.3 is 6.03 Å². The predicted octanol–water partition coefficient (Wildman–Crippen LogP) is 7.73. The monoisotopic (exact) mass is 670 g/mol. The minimum Gasteiger partial charge on any atom is -0.486 e. The first-order chi connectivity index (χ1) is 17.0. The van der Waals surface area contributed by atoms with E-state index in [0.717, 1.165) is 14.9 Å². The molecular formula is C25H15Br2Cl3N2O4. The van der Waals surface area contributed by atoms with Crippen LogP contribution in [0.25, 0.3) is 6.08 Å². The predicted molar refractivity (Wildman–Crippen MR) is 148 cm³/mol. The molecule has 0 atom stereocenters. The van der Waals surface area contributed by atoms with Crippen molar-refractivity contribution in [3.05, 3.63) is 94.8 Å². The average molecular weight is 674 g/mol. The number of hydrogen-bond donors (Lipinski definition) is 1. The van der Waals surface area contributed by atoms with Gasteiger partial charge in [-0.15, -0.1) is 0 Å². The molecule has 6 nitrogen and oxygen atoms in total. The van der Waals surface area contributed by atoms with Gasteiger partial charge in [0.05, 0.1) is 15.2 Å². The highest BCUT2D eigenvalue weighted by Crippen LogP contribution is 2.36. The second-order valence-corrected chi connectivity index (χ2v) is 10.7. The van der Waals surface area contributed by atoms with Crippen molar-refractivity contribution in [1.82, 2.24) is 5.32 Å². The number of aryl methyl sites for hydroxylation is 1. The van der Waals surface area contributed by atoms with E-state index in [9.17, 15) is 14.4 Å². The average Bonchev–Trinajstić information content (AvgIpc) is 2.79. The van der Waals surface area contributed by atoms with E-state index in [-0.39, 0.29) is 17.2 Å². The Morgan fingerprint density at radius 3 is 2.36 bits per heavy atom. The molecule has 184 valence electrons. The van der Waals surface area contributed by atoms with Crippen LogP contribution in [-0.2, 0) is 16.2 Å². The zero-order valence-corrected chi connectivity index (χ0v) is 23.8. The van der Waals surface area contributed by atoms with E-state index in [1.165, 1.54) is 6.08 Å². The van der Waals surface area contributed by atoms with Crippen molar-refractivity contribution < 1.29 is 19.1 Å². The molecule has 1 aliphatic rings. The number of carbonyl (C=O) groups is 3. The smallest absolute Gasteiger partial charge is 0.335 e. The lowest BCUT2D eigenvalue weighted by Gasteiger charge is -2.26. The summed E-state index contributed by atoms with van der Waals surface area (Å²) in [5.41, 5.74) is 2.10. The first-order valence-corrected chi connectivity index (χ1v) is 13.0. The van der Waals surface area contributed by atoms with Crippen LogP contribution in [0.15, 0.2) is 63.0 Å². The van der Waals surface area contributed by atoms with Gasteiger partial charge in [-0.05, 0) is 82.5 Å². The van der Waals surface area contributed by atoms with Crippen molar-refractivity contribution in [2.24, 2.45) is 0 Å². The zero-order valence-electron chi connectivity index (χ0n) is 18.4. The summed E-state index contributed by atoms with van der Waals surface area (Å²) < 4.78 is 7.16. The molecule has 4 rings (SSSR count). The Bertz CT molecular complexity index is 1440. The summed E-state index contributed by atoms with van der Waals surface area (Å²) in [7, 11) is 0. The molecule has 3 aromatic carbocycles. The van der Waals surface area contributed by atoms with Gasteiger partial charge in [-0.25, -0.2) is 9.69 Å². The molecule has 0 aliphatic carbocycles. The van der Waals surface area contributed by atoms with Gasteiger partial charge in [-0.3, -0.25) is 14.9 Å². The van der Waals surface area contributed by atoms with Gasteiger partial charge in [0, 0.05) is 20.1 Å². The summed E-state index contributed by atoms with van der Waals surface area (Å²) in [4.78, 5) is 39.1. The maximum Gasteiger partial charge on any atom is 0.335 e. The maximum atomic E-state index is 13.2. The van der Waals surface area contributed by atoms with Gasteiger partial charge < -0.3 is 4.74 Å². The molecule has 1 aliphatic heterocycles. The Morgan fingerprint density at radius 2 is 1.69 bits per heavy atom. The first-order valence-electron chi connectivity index (χ1n) is 10.3. The first kappa shape index (κ1) is 26.7. The van der Waals surface area contributed by atoms with Crippen LogP contribution in [0.3, 0.4) is 0 Å². The highest BCUT2D eigenvalue weighted by atomic mass is 79.9. The molecule has 1 heterocycles. The highest BCUT2D eigenvalue weighted by molar-refractivity contribution is 9.10. The van der Waals surface area contributed by atoms with Crippen LogP contribution in [0.2, 0.25) is 15.1 Å². The maximum absolute atomic E-state index is 13.2. The van der Waals surface area contributed by atoms with Crippen LogP contribution < -0.4 is 15.0 Å². The van der Waals surface area contributed by atoms with E-state index in [0.29, 0.717) is 37.1 Å². The lowest BCUT2D eigenvalue weighted by atomic mass is 10.1. The third kappa shape index (κ3) is 5.63. The molecule has 0 radical (unpaired) electrons. The molecule has 3 aromatic rings. The van der Waals surface area contributed by atoms with Crippen LogP contribution in [-0.4, -0.2) is 17.8 Å². The molecule has 1 N–H and O–H groups in total. The number of ether oxygens (including phenoxy) is 1. The number of nitrogens with zero attached hydrogens (tertiary/aromatic N) is 1. The fourth-order valence-corrected chi connectivity index (χ4v) is 5.11. The molecule has 36 heavy (non-hydrogen) atoms. The Kier molecular flexibility index (Phi) is 8.12. The number of hydrogen-bond acceptors (Lipinski definition) is 4. The van der Waals surface area contributed by atoms with Crippen LogP contribution in [0.5, 0.6) is 5.75 Å². The standard InChI is InChI=1S/C25H15Br2Cl3N2O4/c1-12-6-16(4-5-18(12)26)32-24(34)17(23(33)31-25(32)35)7-13-8-19(27)22(21(30)9-13)36-11-14-2-3-15(28)10-20(14)29/h2-10H,11H2,1H3,(H,31,33,35)/b17-7+. The Morgan fingerprint density at radius 1 is 0.944 bits per heavy atom. The van der Waals surface area contributed by atoms with Crippen molar-refractivity contribution in [2.75, 3.05) is 4.90 Å². The molecule has 0 unspecified atom stereocenters. The molecule has 0 bridgehead atoms. The molecule has 0 saturated carbocycles. The largest absolute Gasteiger partial charge is 0.486 e. The molecule has 1 saturated heterocycles. The minimum absolute atomic E-state index is 0.138. The highest BCUT2D eigenvalue weighted by Gasteiger charge is 2.37. The summed E-state index contributed by atoms with van der Waals surface area (Å²) in [5.74, 6) is -1.21. The Hall–Kier alpha value is -2.36. The van der Waals surface area contributed by atoms with E-state index in [2.05, 4.69) is 37.2 Å². The topological polar surface area (TPSA) is 75.7 Å². The van der Waals surface area contributed by atoms with E-state index < -0.39 is 17.8 Å². The fourth-order valence-electron chi connectivity index (χ4n) is 3.42. The molecular weight excluding hydrogens is 658 g/mol. The molecule has 0 aromatic heterocycles. The third-order valence-corrected chi connectivity index (χ3v) is 7.57. The van der Waals surface area contributed by atoms with Crippen LogP contribution in [0.1, 0.15) is 16.7 Å². The molecule has 11 heteroatoms. The second-order valence-electron chi connectivity index (χ2n) is 7.73.